The summed E-state index contributed by atoms with van der Waals surface area (Å²) in [6.45, 7) is 6.03. The summed E-state index contributed by atoms with van der Waals surface area (Å²) in [5, 5.41) is 3.16. The molecule has 0 saturated carbocycles. The van der Waals surface area contributed by atoms with Crippen LogP contribution in [0.25, 0.3) is 0 Å². The van der Waals surface area contributed by atoms with Gasteiger partial charge in [-0.3, -0.25) is 0 Å². The summed E-state index contributed by atoms with van der Waals surface area (Å²) in [6.07, 6.45) is 1.62. The first-order valence-electron chi connectivity index (χ1n) is 6.55. The highest BCUT2D eigenvalue weighted by Gasteiger charge is 2.35. The largest absolute Gasteiger partial charge is 0.316 e. The summed E-state index contributed by atoms with van der Waals surface area (Å²) in [6, 6.07) is 3.40. The average molecular weight is 283 g/mol. The second-order valence-electron chi connectivity index (χ2n) is 5.31. The highest BCUT2D eigenvalue weighted by atomic mass is 32.2. The molecule has 2 rings (SSSR count). The van der Waals surface area contributed by atoms with Crippen LogP contribution in [-0.4, -0.2) is 37.8 Å². The van der Waals surface area contributed by atoms with Crippen LogP contribution >= 0.6 is 0 Å². The van der Waals surface area contributed by atoms with Gasteiger partial charge in [-0.25, -0.2) is 13.4 Å². The van der Waals surface area contributed by atoms with Gasteiger partial charge in [0.15, 0.2) is 5.03 Å². The topological polar surface area (TPSA) is 62.3 Å². The summed E-state index contributed by atoms with van der Waals surface area (Å²) in [5.41, 5.74) is 0.976. The van der Waals surface area contributed by atoms with Crippen molar-refractivity contribution >= 4 is 10.0 Å². The number of pyridine rings is 1. The molecule has 5 nitrogen and oxygen atoms in total. The molecule has 1 aromatic rings. The quantitative estimate of drug-likeness (QED) is 0.898. The van der Waals surface area contributed by atoms with Gasteiger partial charge >= 0.3 is 0 Å². The van der Waals surface area contributed by atoms with Crippen LogP contribution in [0.5, 0.6) is 0 Å². The molecule has 1 saturated heterocycles. The number of sulfonamides is 1. The van der Waals surface area contributed by atoms with Crippen molar-refractivity contribution in [2.24, 2.45) is 11.8 Å². The first kappa shape index (κ1) is 14.4. The molecule has 0 bridgehead atoms. The standard InChI is InChI=1S/C13H21N3O2S/c1-10-8-16(9-11(10)2)19(17,18)13-5-4-12(6-14-3)7-15-13/h4-5,7,10-11,14H,6,8-9H2,1-3H3. The maximum absolute atomic E-state index is 12.4. The third-order valence-corrected chi connectivity index (χ3v) is 5.49. The van der Waals surface area contributed by atoms with E-state index in [9.17, 15) is 8.42 Å². The molecule has 0 aromatic carbocycles. The van der Waals surface area contributed by atoms with Gasteiger partial charge in [0.25, 0.3) is 10.0 Å². The molecule has 19 heavy (non-hydrogen) atoms. The van der Waals surface area contributed by atoms with Crippen LogP contribution in [0, 0.1) is 11.8 Å². The Morgan fingerprint density at radius 3 is 2.42 bits per heavy atom. The average Bonchev–Trinajstić information content (AvgIpc) is 2.71. The van der Waals surface area contributed by atoms with Crippen LogP contribution in [-0.2, 0) is 16.6 Å². The van der Waals surface area contributed by atoms with Crippen molar-refractivity contribution in [3.05, 3.63) is 23.9 Å². The maximum atomic E-state index is 12.4. The lowest BCUT2D eigenvalue weighted by Gasteiger charge is -2.15. The van der Waals surface area contributed by atoms with E-state index in [4.69, 9.17) is 0 Å². The summed E-state index contributed by atoms with van der Waals surface area (Å²) in [5.74, 6) is 0.802. The van der Waals surface area contributed by atoms with Crippen molar-refractivity contribution in [1.29, 1.82) is 0 Å². The Bertz CT molecular complexity index is 517. The molecule has 0 radical (unpaired) electrons. The third kappa shape index (κ3) is 2.96. The second-order valence-corrected chi connectivity index (χ2v) is 7.20. The Morgan fingerprint density at radius 1 is 1.32 bits per heavy atom. The molecule has 0 amide bonds. The van der Waals surface area contributed by atoms with Crippen LogP contribution in [0.1, 0.15) is 19.4 Å². The fourth-order valence-corrected chi connectivity index (χ4v) is 3.83. The van der Waals surface area contributed by atoms with Crippen molar-refractivity contribution in [3.8, 4) is 0 Å². The molecule has 1 aliphatic rings. The van der Waals surface area contributed by atoms with Crippen molar-refractivity contribution in [1.82, 2.24) is 14.6 Å². The van der Waals surface area contributed by atoms with Gasteiger partial charge in [-0.15, -0.1) is 0 Å². The Kier molecular flexibility index (Phi) is 4.23. The molecular weight excluding hydrogens is 262 g/mol. The second kappa shape index (κ2) is 5.56. The minimum absolute atomic E-state index is 0.147. The number of rotatable bonds is 4. The Hall–Kier alpha value is -0.980. The zero-order chi connectivity index (χ0) is 14.0. The summed E-state index contributed by atoms with van der Waals surface area (Å²) in [7, 11) is -1.59. The zero-order valence-electron chi connectivity index (χ0n) is 11.6. The molecule has 0 aliphatic carbocycles. The van der Waals surface area contributed by atoms with Crippen molar-refractivity contribution in [3.63, 3.8) is 0 Å². The fourth-order valence-electron chi connectivity index (χ4n) is 2.28. The third-order valence-electron chi connectivity index (χ3n) is 3.74. The first-order valence-corrected chi connectivity index (χ1v) is 7.99. The molecule has 6 heteroatoms. The van der Waals surface area contributed by atoms with E-state index >= 15 is 0 Å². The van der Waals surface area contributed by atoms with Gasteiger partial charge in [0, 0.05) is 25.8 Å². The summed E-state index contributed by atoms with van der Waals surface area (Å²) in [4.78, 5) is 4.09. The highest BCUT2D eigenvalue weighted by Crippen LogP contribution is 2.27. The molecule has 0 spiro atoms. The lowest BCUT2D eigenvalue weighted by atomic mass is 10.0. The van der Waals surface area contributed by atoms with Gasteiger partial charge < -0.3 is 5.32 Å². The number of hydrogen-bond acceptors (Lipinski definition) is 4. The lowest BCUT2D eigenvalue weighted by Crippen LogP contribution is -2.29. The molecular formula is C13H21N3O2S. The van der Waals surface area contributed by atoms with Crippen LogP contribution in [0.3, 0.4) is 0 Å². The van der Waals surface area contributed by atoms with Gasteiger partial charge in [0.05, 0.1) is 0 Å². The zero-order valence-corrected chi connectivity index (χ0v) is 12.4. The van der Waals surface area contributed by atoms with Crippen molar-refractivity contribution in [2.75, 3.05) is 20.1 Å². The molecule has 106 valence electrons. The van der Waals surface area contributed by atoms with Gasteiger partial charge in [-0.05, 0) is 30.5 Å². The highest BCUT2D eigenvalue weighted by molar-refractivity contribution is 7.89. The Morgan fingerprint density at radius 2 is 1.95 bits per heavy atom. The number of nitrogens with one attached hydrogen (secondary N) is 1. The van der Waals surface area contributed by atoms with Crippen LogP contribution < -0.4 is 5.32 Å². The number of hydrogen-bond donors (Lipinski definition) is 1. The molecule has 1 N–H and O–H groups in total. The molecule has 1 aliphatic heterocycles. The fraction of sp³-hybridized carbons (Fsp3) is 0.615. The van der Waals surface area contributed by atoms with Crippen molar-refractivity contribution in [2.45, 2.75) is 25.4 Å². The first-order chi connectivity index (χ1) is 8.95. The molecule has 2 unspecified atom stereocenters. The lowest BCUT2D eigenvalue weighted by molar-refractivity contribution is 0.460. The van der Waals surface area contributed by atoms with Gasteiger partial charge in [-0.2, -0.15) is 4.31 Å². The normalized spacial score (nSPS) is 24.8. The Balaban J connectivity index is 2.20. The SMILES string of the molecule is CNCc1ccc(S(=O)(=O)N2CC(C)C(C)C2)nc1. The minimum atomic E-state index is -3.43. The van der Waals surface area contributed by atoms with E-state index in [2.05, 4.69) is 24.1 Å². The summed E-state index contributed by atoms with van der Waals surface area (Å²) < 4.78 is 26.4. The van der Waals surface area contributed by atoms with Crippen molar-refractivity contribution < 1.29 is 8.42 Å². The minimum Gasteiger partial charge on any atom is -0.316 e. The molecule has 1 aromatic heterocycles. The van der Waals surface area contributed by atoms with E-state index in [-0.39, 0.29) is 5.03 Å². The van der Waals surface area contributed by atoms with E-state index in [0.717, 1.165) is 5.56 Å². The van der Waals surface area contributed by atoms with E-state index in [1.807, 2.05) is 7.05 Å². The number of nitrogens with zero attached hydrogens (tertiary/aromatic N) is 2. The predicted molar refractivity (Wildman–Crippen MR) is 74.1 cm³/mol. The summed E-state index contributed by atoms with van der Waals surface area (Å²) >= 11 is 0. The molecule has 2 atom stereocenters. The van der Waals surface area contributed by atoms with E-state index in [1.54, 1.807) is 22.6 Å². The monoisotopic (exact) mass is 283 g/mol. The maximum Gasteiger partial charge on any atom is 0.260 e. The van der Waals surface area contributed by atoms with Gasteiger partial charge in [0.1, 0.15) is 0 Å². The Labute approximate surface area is 115 Å². The predicted octanol–water partition coefficient (Wildman–Crippen LogP) is 1.08. The van der Waals surface area contributed by atoms with E-state index in [0.29, 0.717) is 31.5 Å². The molecule has 1 fully saturated rings. The smallest absolute Gasteiger partial charge is 0.260 e. The molecule has 2 heterocycles. The van der Waals surface area contributed by atoms with E-state index < -0.39 is 10.0 Å². The van der Waals surface area contributed by atoms with Crippen LogP contribution in [0.15, 0.2) is 23.4 Å². The van der Waals surface area contributed by atoms with Gasteiger partial charge in [-0.1, -0.05) is 19.9 Å². The van der Waals surface area contributed by atoms with Crippen LogP contribution in [0.2, 0.25) is 0 Å². The van der Waals surface area contributed by atoms with Crippen LogP contribution in [0.4, 0.5) is 0 Å². The van der Waals surface area contributed by atoms with E-state index in [1.165, 1.54) is 0 Å². The number of aromatic nitrogens is 1. The van der Waals surface area contributed by atoms with Gasteiger partial charge in [0.2, 0.25) is 0 Å².